The lowest BCUT2D eigenvalue weighted by Crippen LogP contribution is -2.14. The third kappa shape index (κ3) is 1.60. The molecule has 1 aliphatic rings. The fourth-order valence-corrected chi connectivity index (χ4v) is 1.17. The van der Waals surface area contributed by atoms with Crippen molar-refractivity contribution in [3.8, 4) is 0 Å². The molecule has 11 heavy (non-hydrogen) atoms. The lowest BCUT2D eigenvalue weighted by Gasteiger charge is -2.07. The van der Waals surface area contributed by atoms with Crippen LogP contribution in [0.25, 0.3) is 0 Å². The molecule has 62 valence electrons. The van der Waals surface area contributed by atoms with Crippen LogP contribution in [0.5, 0.6) is 0 Å². The molecular formula is C8H12O3. The average molecular weight is 156 g/mol. The first kappa shape index (κ1) is 8.27. The number of rotatable bonds is 1. The fraction of sp³-hybridized carbons (Fsp3) is 0.625. The minimum atomic E-state index is -0.290. The fourth-order valence-electron chi connectivity index (χ4n) is 1.17. The topological polar surface area (TPSA) is 35.5 Å². The molecule has 0 saturated carbocycles. The largest absolute Gasteiger partial charge is 0.466 e. The van der Waals surface area contributed by atoms with Crippen LogP contribution in [0.4, 0.5) is 0 Å². The number of esters is 1. The predicted octanol–water partition coefficient (Wildman–Crippen LogP) is 0.893. The normalized spacial score (nSPS) is 29.9. The summed E-state index contributed by atoms with van der Waals surface area (Å²) in [5, 5.41) is 0. The highest BCUT2D eigenvalue weighted by Gasteiger charge is 2.26. The zero-order valence-electron chi connectivity index (χ0n) is 6.96. The Hall–Kier alpha value is -0.830. The lowest BCUT2D eigenvalue weighted by molar-refractivity contribution is -0.137. The average Bonchev–Trinajstić information content (AvgIpc) is 2.28. The monoisotopic (exact) mass is 156 g/mol. The van der Waals surface area contributed by atoms with Crippen LogP contribution in [-0.2, 0) is 14.3 Å². The molecule has 0 aromatic carbocycles. The van der Waals surface area contributed by atoms with E-state index in [1.54, 1.807) is 6.08 Å². The van der Waals surface area contributed by atoms with Gasteiger partial charge >= 0.3 is 5.97 Å². The molecule has 2 atom stereocenters. The van der Waals surface area contributed by atoms with Gasteiger partial charge in [0.2, 0.25) is 0 Å². The van der Waals surface area contributed by atoms with Gasteiger partial charge in [-0.3, -0.25) is 0 Å². The van der Waals surface area contributed by atoms with Gasteiger partial charge < -0.3 is 9.47 Å². The van der Waals surface area contributed by atoms with Crippen LogP contribution in [-0.4, -0.2) is 25.3 Å². The molecule has 3 nitrogen and oxygen atoms in total. The van der Waals surface area contributed by atoms with E-state index in [1.807, 2.05) is 13.8 Å². The number of hydrogen-bond donors (Lipinski definition) is 0. The van der Waals surface area contributed by atoms with Gasteiger partial charge in [0.05, 0.1) is 24.9 Å². The van der Waals surface area contributed by atoms with E-state index < -0.39 is 0 Å². The molecule has 2 unspecified atom stereocenters. The van der Waals surface area contributed by atoms with Crippen molar-refractivity contribution in [2.24, 2.45) is 0 Å². The summed E-state index contributed by atoms with van der Waals surface area (Å²) < 4.78 is 9.87. The Kier molecular flexibility index (Phi) is 2.29. The zero-order valence-corrected chi connectivity index (χ0v) is 6.96. The molecule has 0 aromatic heterocycles. The van der Waals surface area contributed by atoms with Gasteiger partial charge in [0.1, 0.15) is 0 Å². The summed E-state index contributed by atoms with van der Waals surface area (Å²) in [5.74, 6) is -0.290. The van der Waals surface area contributed by atoms with E-state index in [0.717, 1.165) is 0 Å². The van der Waals surface area contributed by atoms with E-state index in [0.29, 0.717) is 5.57 Å². The molecule has 1 heterocycles. The van der Waals surface area contributed by atoms with Crippen LogP contribution in [0, 0.1) is 0 Å². The van der Waals surface area contributed by atoms with Crippen LogP contribution >= 0.6 is 0 Å². The van der Waals surface area contributed by atoms with E-state index in [2.05, 4.69) is 4.74 Å². The van der Waals surface area contributed by atoms with Crippen LogP contribution in [0.15, 0.2) is 11.6 Å². The van der Waals surface area contributed by atoms with Gasteiger partial charge in [-0.25, -0.2) is 4.79 Å². The second-order valence-electron chi connectivity index (χ2n) is 2.60. The molecule has 1 aliphatic heterocycles. The SMILES string of the molecule is COC(=O)C1=CC(C)OC1C. The van der Waals surface area contributed by atoms with Gasteiger partial charge in [-0.1, -0.05) is 0 Å². The Morgan fingerprint density at radius 1 is 1.64 bits per heavy atom. The molecule has 3 heteroatoms. The highest BCUT2D eigenvalue weighted by molar-refractivity contribution is 5.89. The van der Waals surface area contributed by atoms with Crippen molar-refractivity contribution in [3.63, 3.8) is 0 Å². The third-order valence-corrected chi connectivity index (χ3v) is 1.69. The Morgan fingerprint density at radius 3 is 2.64 bits per heavy atom. The molecule has 0 bridgehead atoms. The van der Waals surface area contributed by atoms with E-state index in [1.165, 1.54) is 7.11 Å². The molecular weight excluding hydrogens is 144 g/mol. The maximum Gasteiger partial charge on any atom is 0.336 e. The summed E-state index contributed by atoms with van der Waals surface area (Å²) in [5.41, 5.74) is 0.625. The minimum absolute atomic E-state index is 0.0269. The first-order chi connectivity index (χ1) is 5.15. The van der Waals surface area contributed by atoms with Crippen LogP contribution < -0.4 is 0 Å². The number of ether oxygens (including phenoxy) is 2. The highest BCUT2D eigenvalue weighted by Crippen LogP contribution is 2.19. The summed E-state index contributed by atoms with van der Waals surface area (Å²) in [4.78, 5) is 11.0. The van der Waals surface area contributed by atoms with Crippen molar-refractivity contribution in [2.75, 3.05) is 7.11 Å². The Labute approximate surface area is 66.0 Å². The number of methoxy groups -OCH3 is 1. The number of carbonyl (C=O) groups excluding carboxylic acids is 1. The zero-order chi connectivity index (χ0) is 8.43. The van der Waals surface area contributed by atoms with Crippen molar-refractivity contribution < 1.29 is 14.3 Å². The molecule has 1 rings (SSSR count). The second kappa shape index (κ2) is 3.05. The van der Waals surface area contributed by atoms with Gasteiger partial charge in [-0.05, 0) is 19.9 Å². The quantitative estimate of drug-likeness (QED) is 0.529. The number of carbonyl (C=O) groups is 1. The minimum Gasteiger partial charge on any atom is -0.466 e. The molecule has 0 amide bonds. The van der Waals surface area contributed by atoms with Crippen LogP contribution in [0.2, 0.25) is 0 Å². The van der Waals surface area contributed by atoms with Crippen molar-refractivity contribution in [3.05, 3.63) is 11.6 Å². The predicted molar refractivity (Wildman–Crippen MR) is 40.1 cm³/mol. The third-order valence-electron chi connectivity index (χ3n) is 1.69. The van der Waals surface area contributed by atoms with E-state index in [-0.39, 0.29) is 18.2 Å². The molecule has 0 fully saturated rings. The summed E-state index contributed by atoms with van der Waals surface area (Å²) in [6.07, 6.45) is 1.69. The molecule has 0 radical (unpaired) electrons. The van der Waals surface area contributed by atoms with Gasteiger partial charge in [-0.15, -0.1) is 0 Å². The van der Waals surface area contributed by atoms with E-state index >= 15 is 0 Å². The summed E-state index contributed by atoms with van der Waals surface area (Å²) in [6.45, 7) is 3.73. The maximum absolute atomic E-state index is 11.0. The van der Waals surface area contributed by atoms with Gasteiger partial charge in [0.15, 0.2) is 0 Å². The molecule has 0 N–H and O–H groups in total. The maximum atomic E-state index is 11.0. The van der Waals surface area contributed by atoms with E-state index in [9.17, 15) is 4.79 Å². The van der Waals surface area contributed by atoms with Crippen molar-refractivity contribution in [1.29, 1.82) is 0 Å². The lowest BCUT2D eigenvalue weighted by atomic mass is 10.2. The van der Waals surface area contributed by atoms with E-state index in [4.69, 9.17) is 4.74 Å². The number of hydrogen-bond acceptors (Lipinski definition) is 3. The molecule has 0 spiro atoms. The van der Waals surface area contributed by atoms with Gasteiger partial charge in [0.25, 0.3) is 0 Å². The highest BCUT2D eigenvalue weighted by atomic mass is 16.5. The molecule has 0 aliphatic carbocycles. The second-order valence-corrected chi connectivity index (χ2v) is 2.60. The first-order valence-corrected chi connectivity index (χ1v) is 3.60. The summed E-state index contributed by atoms with van der Waals surface area (Å²) in [6, 6.07) is 0. The van der Waals surface area contributed by atoms with Crippen molar-refractivity contribution >= 4 is 5.97 Å². The van der Waals surface area contributed by atoms with Gasteiger partial charge in [-0.2, -0.15) is 0 Å². The summed E-state index contributed by atoms with van der Waals surface area (Å²) >= 11 is 0. The Morgan fingerprint density at radius 2 is 2.27 bits per heavy atom. The van der Waals surface area contributed by atoms with Crippen molar-refractivity contribution in [1.82, 2.24) is 0 Å². The standard InChI is InChI=1S/C8H12O3/c1-5-4-7(6(2)11-5)8(9)10-3/h4-6H,1-3H3. The van der Waals surface area contributed by atoms with Gasteiger partial charge in [0, 0.05) is 0 Å². The summed E-state index contributed by atoms with van der Waals surface area (Å²) in [7, 11) is 1.37. The molecule has 0 saturated heterocycles. The van der Waals surface area contributed by atoms with Crippen LogP contribution in [0.1, 0.15) is 13.8 Å². The van der Waals surface area contributed by atoms with Crippen molar-refractivity contribution in [2.45, 2.75) is 26.1 Å². The first-order valence-electron chi connectivity index (χ1n) is 3.60. The van der Waals surface area contributed by atoms with Crippen LogP contribution in [0.3, 0.4) is 0 Å². The Balaban J connectivity index is 2.71. The Bertz CT molecular complexity index is 196. The smallest absolute Gasteiger partial charge is 0.336 e. The molecule has 0 aromatic rings.